The van der Waals surface area contributed by atoms with Gasteiger partial charge in [-0.2, -0.15) is 0 Å². The van der Waals surface area contributed by atoms with Crippen molar-refractivity contribution in [1.82, 2.24) is 5.32 Å². The van der Waals surface area contributed by atoms with Crippen LogP contribution in [0.4, 0.5) is 0 Å². The number of allylic oxidation sites excluding steroid dienone is 1. The predicted molar refractivity (Wildman–Crippen MR) is 98.0 cm³/mol. The number of hydrogen-bond acceptors (Lipinski definition) is 1. The second kappa shape index (κ2) is 16.1. The molecule has 0 heterocycles. The maximum absolute atomic E-state index is 4.03. The molecule has 0 amide bonds. The maximum Gasteiger partial charge on any atom is 0.00701 e. The van der Waals surface area contributed by atoms with E-state index in [2.05, 4.69) is 32.7 Å². The third-order valence-corrected chi connectivity index (χ3v) is 4.26. The van der Waals surface area contributed by atoms with Crippen LogP contribution in [0.3, 0.4) is 0 Å². The minimum atomic E-state index is 0.714. The summed E-state index contributed by atoms with van der Waals surface area (Å²) in [7, 11) is 0. The van der Waals surface area contributed by atoms with E-state index in [1.807, 2.05) is 0 Å². The first-order chi connectivity index (χ1) is 10.2. The maximum atomic E-state index is 4.03. The lowest BCUT2D eigenvalue weighted by Crippen LogP contribution is -2.29. The second-order valence-corrected chi connectivity index (χ2v) is 6.76. The van der Waals surface area contributed by atoms with E-state index in [1.165, 1.54) is 89.0 Å². The van der Waals surface area contributed by atoms with Crippen molar-refractivity contribution in [2.45, 2.75) is 110 Å². The summed E-state index contributed by atoms with van der Waals surface area (Å²) < 4.78 is 0. The molecule has 0 saturated carbocycles. The molecule has 0 aliphatic heterocycles. The zero-order chi connectivity index (χ0) is 15.8. The summed E-state index contributed by atoms with van der Waals surface area (Å²) in [5.74, 6) is 0. The van der Waals surface area contributed by atoms with E-state index in [0.29, 0.717) is 6.04 Å². The van der Waals surface area contributed by atoms with E-state index in [1.54, 1.807) is 0 Å². The Morgan fingerprint density at radius 2 is 1.38 bits per heavy atom. The molecule has 1 N–H and O–H groups in total. The Morgan fingerprint density at radius 1 is 0.810 bits per heavy atom. The van der Waals surface area contributed by atoms with Crippen LogP contribution >= 0.6 is 0 Å². The Balaban J connectivity index is 3.51. The van der Waals surface area contributed by atoms with Gasteiger partial charge in [0.05, 0.1) is 0 Å². The Hall–Kier alpha value is -0.300. The van der Waals surface area contributed by atoms with Crippen LogP contribution in [0, 0.1) is 0 Å². The molecule has 1 unspecified atom stereocenters. The average molecular weight is 296 g/mol. The van der Waals surface area contributed by atoms with E-state index < -0.39 is 0 Å². The minimum Gasteiger partial charge on any atom is -0.314 e. The first kappa shape index (κ1) is 20.7. The fraction of sp³-hybridized carbons (Fsp3) is 0.900. The molecule has 0 radical (unpaired) electrons. The standard InChI is InChI=1S/C20H41N/c1-5-7-8-9-10-11-12-13-14-15-20(21-18-6-2)17-16-19(3)4/h20-21H,3,5-18H2,1-2,4H3. The van der Waals surface area contributed by atoms with Crippen molar-refractivity contribution >= 4 is 0 Å². The van der Waals surface area contributed by atoms with Gasteiger partial charge in [0.2, 0.25) is 0 Å². The molecular weight excluding hydrogens is 254 g/mol. The van der Waals surface area contributed by atoms with Crippen molar-refractivity contribution < 1.29 is 0 Å². The lowest BCUT2D eigenvalue weighted by molar-refractivity contribution is 0.429. The lowest BCUT2D eigenvalue weighted by atomic mass is 10.00. The largest absolute Gasteiger partial charge is 0.314 e. The van der Waals surface area contributed by atoms with Gasteiger partial charge in [-0.05, 0) is 39.2 Å². The number of hydrogen-bond donors (Lipinski definition) is 1. The van der Waals surface area contributed by atoms with Crippen LogP contribution in [0.1, 0.15) is 104 Å². The molecular formula is C20H41N. The third-order valence-electron chi connectivity index (χ3n) is 4.26. The summed E-state index contributed by atoms with van der Waals surface area (Å²) in [5.41, 5.74) is 1.32. The summed E-state index contributed by atoms with van der Waals surface area (Å²) in [6, 6.07) is 0.714. The van der Waals surface area contributed by atoms with Gasteiger partial charge in [-0.15, -0.1) is 6.58 Å². The lowest BCUT2D eigenvalue weighted by Gasteiger charge is -2.18. The molecule has 126 valence electrons. The van der Waals surface area contributed by atoms with Crippen LogP contribution in [0.5, 0.6) is 0 Å². The Kier molecular flexibility index (Phi) is 15.8. The highest BCUT2D eigenvalue weighted by Gasteiger charge is 2.07. The van der Waals surface area contributed by atoms with Crippen molar-refractivity contribution in [1.29, 1.82) is 0 Å². The number of rotatable bonds is 16. The van der Waals surface area contributed by atoms with Gasteiger partial charge in [-0.1, -0.05) is 77.2 Å². The van der Waals surface area contributed by atoms with Gasteiger partial charge < -0.3 is 5.32 Å². The molecule has 1 heteroatoms. The summed E-state index contributed by atoms with van der Waals surface area (Å²) in [6.07, 6.45) is 17.9. The minimum absolute atomic E-state index is 0.714. The second-order valence-electron chi connectivity index (χ2n) is 6.76. The summed E-state index contributed by atoms with van der Waals surface area (Å²) >= 11 is 0. The van der Waals surface area contributed by atoms with Crippen LogP contribution in [-0.4, -0.2) is 12.6 Å². The molecule has 0 saturated heterocycles. The summed E-state index contributed by atoms with van der Waals surface area (Å²) in [6.45, 7) is 11.9. The van der Waals surface area contributed by atoms with Crippen LogP contribution in [0.2, 0.25) is 0 Å². The molecule has 0 aromatic heterocycles. The van der Waals surface area contributed by atoms with Crippen molar-refractivity contribution in [2.75, 3.05) is 6.54 Å². The Bertz CT molecular complexity index is 222. The first-order valence-electron chi connectivity index (χ1n) is 9.58. The quantitative estimate of drug-likeness (QED) is 0.249. The molecule has 0 aromatic rings. The highest BCUT2D eigenvalue weighted by Crippen LogP contribution is 2.14. The first-order valence-corrected chi connectivity index (χ1v) is 9.58. The molecule has 0 fully saturated rings. The van der Waals surface area contributed by atoms with E-state index in [4.69, 9.17) is 0 Å². The van der Waals surface area contributed by atoms with Crippen LogP contribution < -0.4 is 5.32 Å². The van der Waals surface area contributed by atoms with Gasteiger partial charge in [-0.3, -0.25) is 0 Å². The zero-order valence-corrected chi connectivity index (χ0v) is 15.2. The predicted octanol–water partition coefficient (Wildman–Crippen LogP) is 6.63. The van der Waals surface area contributed by atoms with Gasteiger partial charge in [0, 0.05) is 6.04 Å². The van der Waals surface area contributed by atoms with Gasteiger partial charge in [0.25, 0.3) is 0 Å². The number of nitrogens with one attached hydrogen (secondary N) is 1. The molecule has 1 atom stereocenters. The SMILES string of the molecule is C=C(C)CCC(CCCCCCCCCCC)NCCC. The Morgan fingerprint density at radius 3 is 1.90 bits per heavy atom. The van der Waals surface area contributed by atoms with Crippen molar-refractivity contribution in [2.24, 2.45) is 0 Å². The monoisotopic (exact) mass is 295 g/mol. The van der Waals surface area contributed by atoms with E-state index in [-0.39, 0.29) is 0 Å². The summed E-state index contributed by atoms with van der Waals surface area (Å²) in [5, 5.41) is 3.71. The molecule has 0 spiro atoms. The molecule has 21 heavy (non-hydrogen) atoms. The highest BCUT2D eigenvalue weighted by molar-refractivity contribution is 4.89. The van der Waals surface area contributed by atoms with Crippen molar-refractivity contribution in [3.05, 3.63) is 12.2 Å². The van der Waals surface area contributed by atoms with Crippen LogP contribution in [0.15, 0.2) is 12.2 Å². The van der Waals surface area contributed by atoms with Crippen LogP contribution in [0.25, 0.3) is 0 Å². The molecule has 0 rings (SSSR count). The van der Waals surface area contributed by atoms with Crippen molar-refractivity contribution in [3.8, 4) is 0 Å². The smallest absolute Gasteiger partial charge is 0.00701 e. The van der Waals surface area contributed by atoms with Gasteiger partial charge >= 0.3 is 0 Å². The number of unbranched alkanes of at least 4 members (excludes halogenated alkanes) is 8. The van der Waals surface area contributed by atoms with E-state index in [0.717, 1.165) is 6.54 Å². The Labute approximate surface area is 135 Å². The van der Waals surface area contributed by atoms with Gasteiger partial charge in [0.1, 0.15) is 0 Å². The van der Waals surface area contributed by atoms with Gasteiger partial charge in [0.15, 0.2) is 0 Å². The van der Waals surface area contributed by atoms with E-state index >= 15 is 0 Å². The van der Waals surface area contributed by atoms with Gasteiger partial charge in [-0.25, -0.2) is 0 Å². The molecule has 0 aromatic carbocycles. The van der Waals surface area contributed by atoms with Crippen molar-refractivity contribution in [3.63, 3.8) is 0 Å². The van der Waals surface area contributed by atoms with E-state index in [9.17, 15) is 0 Å². The molecule has 0 aliphatic rings. The average Bonchev–Trinajstić information content (AvgIpc) is 2.47. The zero-order valence-electron chi connectivity index (χ0n) is 15.2. The fourth-order valence-corrected chi connectivity index (χ4v) is 2.82. The molecule has 1 nitrogen and oxygen atoms in total. The molecule has 0 aliphatic carbocycles. The highest BCUT2D eigenvalue weighted by atomic mass is 14.9. The topological polar surface area (TPSA) is 12.0 Å². The third kappa shape index (κ3) is 15.9. The molecule has 0 bridgehead atoms. The van der Waals surface area contributed by atoms with Crippen LogP contribution in [-0.2, 0) is 0 Å². The fourth-order valence-electron chi connectivity index (χ4n) is 2.82. The summed E-state index contributed by atoms with van der Waals surface area (Å²) in [4.78, 5) is 0. The normalized spacial score (nSPS) is 12.5.